The topological polar surface area (TPSA) is 82.2 Å². The molecule has 6 nitrogen and oxygen atoms in total. The van der Waals surface area contributed by atoms with Crippen molar-refractivity contribution in [1.82, 2.24) is 15.1 Å². The minimum absolute atomic E-state index is 0. The lowest BCUT2D eigenvalue weighted by molar-refractivity contribution is -0.123. The summed E-state index contributed by atoms with van der Waals surface area (Å²) >= 11 is 0. The van der Waals surface area contributed by atoms with Crippen LogP contribution in [-0.2, 0) is 16.0 Å². The fourth-order valence-electron chi connectivity index (χ4n) is 1.92. The molecule has 0 aliphatic heterocycles. The molecule has 1 amide bonds. The van der Waals surface area contributed by atoms with Crippen molar-refractivity contribution in [3.8, 4) is 5.69 Å². The quantitative estimate of drug-likeness (QED) is 0.793. The molecule has 0 bridgehead atoms. The number of hydrogen-bond donors (Lipinski definition) is 2. The number of halogens is 1. The van der Waals surface area contributed by atoms with Gasteiger partial charge in [0.1, 0.15) is 6.04 Å². The first-order valence-corrected chi connectivity index (χ1v) is 6.83. The van der Waals surface area contributed by atoms with Gasteiger partial charge in [0.15, 0.2) is 0 Å². The molecule has 7 heteroatoms. The number of carbonyl (C=O) groups is 1. The Morgan fingerprint density at radius 2 is 2.09 bits per heavy atom. The minimum atomic E-state index is -0.628. The summed E-state index contributed by atoms with van der Waals surface area (Å²) in [4.78, 5) is 11.6. The average Bonchev–Trinajstić information content (AvgIpc) is 2.97. The second-order valence-electron chi connectivity index (χ2n) is 4.69. The van der Waals surface area contributed by atoms with E-state index in [1.54, 1.807) is 0 Å². The van der Waals surface area contributed by atoms with Crippen molar-refractivity contribution in [2.45, 2.75) is 12.5 Å². The summed E-state index contributed by atoms with van der Waals surface area (Å²) in [7, 11) is 1.52. The van der Waals surface area contributed by atoms with Crippen LogP contribution in [0.25, 0.3) is 5.69 Å². The highest BCUT2D eigenvalue weighted by atomic mass is 35.5. The number of carbonyl (C=O) groups excluding carboxylic acids is 1. The highest BCUT2D eigenvalue weighted by Gasteiger charge is 2.12. The van der Waals surface area contributed by atoms with E-state index in [1.807, 2.05) is 47.3 Å². The van der Waals surface area contributed by atoms with Crippen LogP contribution in [0.1, 0.15) is 5.69 Å². The van der Waals surface area contributed by atoms with Crippen LogP contribution in [0.2, 0.25) is 0 Å². The molecule has 0 radical (unpaired) electrons. The van der Waals surface area contributed by atoms with E-state index >= 15 is 0 Å². The Morgan fingerprint density at radius 1 is 1.36 bits per heavy atom. The van der Waals surface area contributed by atoms with Gasteiger partial charge >= 0.3 is 0 Å². The maximum absolute atomic E-state index is 11.6. The van der Waals surface area contributed by atoms with Gasteiger partial charge in [-0.05, 0) is 18.2 Å². The number of nitrogens with two attached hydrogens (primary N) is 1. The van der Waals surface area contributed by atoms with Gasteiger partial charge in [-0.25, -0.2) is 4.68 Å². The Labute approximate surface area is 136 Å². The molecule has 0 saturated heterocycles. The molecule has 3 N–H and O–H groups in total. The number of hydrogen-bond acceptors (Lipinski definition) is 4. The van der Waals surface area contributed by atoms with Crippen LogP contribution in [0.3, 0.4) is 0 Å². The highest BCUT2D eigenvalue weighted by Crippen LogP contribution is 2.06. The maximum Gasteiger partial charge on any atom is 0.239 e. The minimum Gasteiger partial charge on any atom is -0.383 e. The summed E-state index contributed by atoms with van der Waals surface area (Å²) in [5.41, 5.74) is 7.56. The molecular weight excluding hydrogens is 304 g/mol. The molecule has 120 valence electrons. The zero-order valence-corrected chi connectivity index (χ0v) is 13.3. The fourth-order valence-corrected chi connectivity index (χ4v) is 1.92. The van der Waals surface area contributed by atoms with Gasteiger partial charge in [-0.15, -0.1) is 12.4 Å². The Hall–Kier alpha value is -1.89. The van der Waals surface area contributed by atoms with E-state index in [0.29, 0.717) is 13.0 Å². The molecule has 1 aromatic heterocycles. The Kier molecular flexibility index (Phi) is 7.59. The first kappa shape index (κ1) is 18.2. The van der Waals surface area contributed by atoms with Crippen LogP contribution < -0.4 is 11.1 Å². The number of para-hydroxylation sites is 1. The number of rotatable bonds is 7. The van der Waals surface area contributed by atoms with Gasteiger partial charge in [-0.3, -0.25) is 4.79 Å². The van der Waals surface area contributed by atoms with Crippen LogP contribution in [-0.4, -0.2) is 42.0 Å². The average molecular weight is 325 g/mol. The third-order valence-electron chi connectivity index (χ3n) is 3.03. The largest absolute Gasteiger partial charge is 0.383 e. The number of methoxy groups -OCH3 is 1. The molecule has 22 heavy (non-hydrogen) atoms. The second-order valence-corrected chi connectivity index (χ2v) is 4.69. The first-order valence-electron chi connectivity index (χ1n) is 6.83. The van der Waals surface area contributed by atoms with E-state index in [2.05, 4.69) is 10.4 Å². The van der Waals surface area contributed by atoms with Crippen molar-refractivity contribution in [2.75, 3.05) is 20.3 Å². The fraction of sp³-hybridized carbons (Fsp3) is 0.333. The first-order chi connectivity index (χ1) is 10.2. The number of aromatic nitrogens is 2. The molecule has 0 fully saturated rings. The number of amides is 1. The van der Waals surface area contributed by atoms with Gasteiger partial charge in [-0.1, -0.05) is 18.2 Å². The SMILES string of the molecule is COCC(N)C(=O)NCCc1ccn(-c2ccccc2)n1.Cl. The monoisotopic (exact) mass is 324 g/mol. The van der Waals surface area contributed by atoms with Crippen LogP contribution in [0.4, 0.5) is 0 Å². The van der Waals surface area contributed by atoms with Gasteiger partial charge in [-0.2, -0.15) is 5.10 Å². The third-order valence-corrected chi connectivity index (χ3v) is 3.03. The van der Waals surface area contributed by atoms with E-state index in [9.17, 15) is 4.79 Å². The second kappa shape index (κ2) is 9.19. The standard InChI is InChI=1S/C15H20N4O2.ClH/c1-21-11-14(16)15(20)17-9-7-12-8-10-19(18-12)13-5-3-2-4-6-13;/h2-6,8,10,14H,7,9,11,16H2,1H3,(H,17,20);1H. The summed E-state index contributed by atoms with van der Waals surface area (Å²) in [6.07, 6.45) is 2.56. The van der Waals surface area contributed by atoms with Gasteiger partial charge in [0.25, 0.3) is 0 Å². The summed E-state index contributed by atoms with van der Waals surface area (Å²) in [5, 5.41) is 7.24. The lowest BCUT2D eigenvalue weighted by Crippen LogP contribution is -2.44. The van der Waals surface area contributed by atoms with E-state index < -0.39 is 6.04 Å². The third kappa shape index (κ3) is 5.14. The Bertz CT molecular complexity index is 574. The molecule has 2 aromatic rings. The van der Waals surface area contributed by atoms with Crippen LogP contribution in [0, 0.1) is 0 Å². The van der Waals surface area contributed by atoms with Crippen molar-refractivity contribution >= 4 is 18.3 Å². The van der Waals surface area contributed by atoms with Crippen molar-refractivity contribution in [1.29, 1.82) is 0 Å². The molecule has 2 rings (SSSR count). The molecule has 1 heterocycles. The number of benzene rings is 1. The molecule has 0 aliphatic rings. The Morgan fingerprint density at radius 3 is 2.77 bits per heavy atom. The summed E-state index contributed by atoms with van der Waals surface area (Å²) in [6, 6.07) is 11.2. The van der Waals surface area contributed by atoms with Crippen molar-refractivity contribution in [3.63, 3.8) is 0 Å². The summed E-state index contributed by atoms with van der Waals surface area (Å²) < 4.78 is 6.65. The summed E-state index contributed by atoms with van der Waals surface area (Å²) in [5.74, 6) is -0.209. The van der Waals surface area contributed by atoms with E-state index in [4.69, 9.17) is 10.5 Å². The number of ether oxygens (including phenoxy) is 1. The summed E-state index contributed by atoms with van der Waals surface area (Å²) in [6.45, 7) is 0.719. The van der Waals surface area contributed by atoms with E-state index in [-0.39, 0.29) is 24.9 Å². The maximum atomic E-state index is 11.6. The van der Waals surface area contributed by atoms with Crippen molar-refractivity contribution in [3.05, 3.63) is 48.3 Å². The smallest absolute Gasteiger partial charge is 0.239 e. The van der Waals surface area contributed by atoms with Gasteiger partial charge < -0.3 is 15.8 Å². The van der Waals surface area contributed by atoms with E-state index in [0.717, 1.165) is 11.4 Å². The van der Waals surface area contributed by atoms with Crippen molar-refractivity contribution in [2.24, 2.45) is 5.73 Å². The normalized spacial score (nSPS) is 11.5. The molecule has 0 spiro atoms. The molecule has 1 aromatic carbocycles. The molecule has 1 atom stereocenters. The predicted octanol–water partition coefficient (Wildman–Crippen LogP) is 0.927. The predicted molar refractivity (Wildman–Crippen MR) is 87.4 cm³/mol. The highest BCUT2D eigenvalue weighted by molar-refractivity contribution is 5.85. The number of nitrogens with one attached hydrogen (secondary N) is 1. The molecular formula is C15H21ClN4O2. The van der Waals surface area contributed by atoms with Gasteiger partial charge in [0.05, 0.1) is 18.0 Å². The van der Waals surface area contributed by atoms with Gasteiger partial charge in [0, 0.05) is 26.3 Å². The van der Waals surface area contributed by atoms with Crippen molar-refractivity contribution < 1.29 is 9.53 Å². The van der Waals surface area contributed by atoms with Crippen LogP contribution in [0.5, 0.6) is 0 Å². The molecule has 0 saturated carbocycles. The number of nitrogens with zero attached hydrogens (tertiary/aromatic N) is 2. The van der Waals surface area contributed by atoms with Crippen LogP contribution >= 0.6 is 12.4 Å². The zero-order chi connectivity index (χ0) is 15.1. The zero-order valence-electron chi connectivity index (χ0n) is 12.4. The van der Waals surface area contributed by atoms with Crippen LogP contribution in [0.15, 0.2) is 42.6 Å². The van der Waals surface area contributed by atoms with Gasteiger partial charge in [0.2, 0.25) is 5.91 Å². The lowest BCUT2D eigenvalue weighted by atomic mass is 10.3. The Balaban J connectivity index is 0.00000242. The molecule has 1 unspecified atom stereocenters. The molecule has 0 aliphatic carbocycles. The lowest BCUT2D eigenvalue weighted by Gasteiger charge is -2.10. The van der Waals surface area contributed by atoms with E-state index in [1.165, 1.54) is 7.11 Å².